The standard InChI is InChI=1S/C13H21N3O3/c1-9(2)16-7-3-4-10(16)8-11-14-12(19-15-11)5-6-13(17)18/h9-10H,3-8H2,1-2H3,(H,17,18). The molecule has 1 atom stereocenters. The monoisotopic (exact) mass is 267 g/mol. The zero-order chi connectivity index (χ0) is 13.8. The molecule has 6 heteroatoms. The van der Waals surface area contributed by atoms with Crippen LogP contribution in [0, 0.1) is 0 Å². The lowest BCUT2D eigenvalue weighted by molar-refractivity contribution is -0.137. The maximum atomic E-state index is 10.5. The smallest absolute Gasteiger partial charge is 0.303 e. The van der Waals surface area contributed by atoms with Crippen LogP contribution in [0.4, 0.5) is 0 Å². The van der Waals surface area contributed by atoms with Gasteiger partial charge in [0.05, 0.1) is 6.42 Å². The highest BCUT2D eigenvalue weighted by atomic mass is 16.5. The third kappa shape index (κ3) is 3.76. The van der Waals surface area contributed by atoms with Crippen molar-refractivity contribution in [1.82, 2.24) is 15.0 Å². The molecule has 2 heterocycles. The predicted molar refractivity (Wildman–Crippen MR) is 68.8 cm³/mol. The maximum Gasteiger partial charge on any atom is 0.303 e. The minimum atomic E-state index is -0.846. The Morgan fingerprint density at radius 3 is 3.05 bits per heavy atom. The van der Waals surface area contributed by atoms with Gasteiger partial charge >= 0.3 is 5.97 Å². The fraction of sp³-hybridized carbons (Fsp3) is 0.769. The number of carboxylic acid groups (broad SMARTS) is 1. The summed E-state index contributed by atoms with van der Waals surface area (Å²) in [5.74, 6) is 0.269. The van der Waals surface area contributed by atoms with Gasteiger partial charge in [0.25, 0.3) is 0 Å². The van der Waals surface area contributed by atoms with Gasteiger partial charge in [0, 0.05) is 24.9 Å². The van der Waals surface area contributed by atoms with Gasteiger partial charge in [0.2, 0.25) is 5.89 Å². The van der Waals surface area contributed by atoms with E-state index in [2.05, 4.69) is 28.9 Å². The first kappa shape index (κ1) is 14.0. The average Bonchev–Trinajstić information content (AvgIpc) is 2.96. The number of hydrogen-bond donors (Lipinski definition) is 1. The van der Waals surface area contributed by atoms with E-state index in [-0.39, 0.29) is 6.42 Å². The van der Waals surface area contributed by atoms with Gasteiger partial charge in [-0.15, -0.1) is 0 Å². The number of aliphatic carboxylic acids is 1. The van der Waals surface area contributed by atoms with E-state index in [1.807, 2.05) is 0 Å². The molecule has 1 N–H and O–H groups in total. The van der Waals surface area contributed by atoms with E-state index in [0.29, 0.717) is 30.2 Å². The van der Waals surface area contributed by atoms with Gasteiger partial charge in [-0.3, -0.25) is 9.69 Å². The van der Waals surface area contributed by atoms with E-state index >= 15 is 0 Å². The Balaban J connectivity index is 1.90. The summed E-state index contributed by atoms with van der Waals surface area (Å²) in [5.41, 5.74) is 0. The van der Waals surface area contributed by atoms with Gasteiger partial charge in [-0.05, 0) is 33.2 Å². The molecule has 0 radical (unpaired) electrons. The van der Waals surface area contributed by atoms with Crippen molar-refractivity contribution in [2.24, 2.45) is 0 Å². The number of nitrogens with zero attached hydrogens (tertiary/aromatic N) is 3. The third-order valence-corrected chi connectivity index (χ3v) is 3.57. The van der Waals surface area contributed by atoms with Crippen LogP contribution in [-0.4, -0.2) is 44.7 Å². The molecule has 0 aromatic carbocycles. The fourth-order valence-corrected chi connectivity index (χ4v) is 2.66. The minimum absolute atomic E-state index is 0.0309. The lowest BCUT2D eigenvalue weighted by Gasteiger charge is -2.27. The van der Waals surface area contributed by atoms with Crippen LogP contribution in [0.25, 0.3) is 0 Å². The summed E-state index contributed by atoms with van der Waals surface area (Å²) >= 11 is 0. The Kier molecular flexibility index (Phi) is 4.52. The molecule has 1 fully saturated rings. The van der Waals surface area contributed by atoms with E-state index in [1.165, 1.54) is 6.42 Å². The molecule has 0 aliphatic carbocycles. The largest absolute Gasteiger partial charge is 0.481 e. The number of rotatable bonds is 6. The highest BCUT2D eigenvalue weighted by Gasteiger charge is 2.27. The summed E-state index contributed by atoms with van der Waals surface area (Å²) in [6, 6.07) is 1.01. The molecule has 1 aromatic heterocycles. The second-order valence-electron chi connectivity index (χ2n) is 5.33. The molecular formula is C13H21N3O3. The van der Waals surface area contributed by atoms with Gasteiger partial charge in [0.15, 0.2) is 5.82 Å². The molecular weight excluding hydrogens is 246 g/mol. The first-order chi connectivity index (χ1) is 9.06. The number of carbonyl (C=O) groups is 1. The second-order valence-corrected chi connectivity index (χ2v) is 5.33. The number of aryl methyl sites for hydroxylation is 1. The zero-order valence-electron chi connectivity index (χ0n) is 11.5. The van der Waals surface area contributed by atoms with Crippen LogP contribution in [0.1, 0.15) is 44.8 Å². The molecule has 2 rings (SSSR count). The molecule has 1 aliphatic rings. The second kappa shape index (κ2) is 6.14. The van der Waals surface area contributed by atoms with Crippen LogP contribution in [0.2, 0.25) is 0 Å². The van der Waals surface area contributed by atoms with E-state index in [9.17, 15) is 4.79 Å². The first-order valence-electron chi connectivity index (χ1n) is 6.85. The van der Waals surface area contributed by atoms with E-state index in [1.54, 1.807) is 0 Å². The molecule has 1 aromatic rings. The summed E-state index contributed by atoms with van der Waals surface area (Å²) in [6.07, 6.45) is 3.50. The lowest BCUT2D eigenvalue weighted by Crippen LogP contribution is -2.36. The molecule has 6 nitrogen and oxygen atoms in total. The molecule has 1 aliphatic heterocycles. The van der Waals surface area contributed by atoms with Crippen LogP contribution in [0.5, 0.6) is 0 Å². The van der Waals surface area contributed by atoms with Crippen LogP contribution >= 0.6 is 0 Å². The number of aromatic nitrogens is 2. The number of carboxylic acids is 1. The molecule has 0 bridgehead atoms. The van der Waals surface area contributed by atoms with Gasteiger partial charge in [-0.25, -0.2) is 0 Å². The van der Waals surface area contributed by atoms with Crippen molar-refractivity contribution in [2.75, 3.05) is 6.54 Å². The Morgan fingerprint density at radius 2 is 2.37 bits per heavy atom. The Bertz CT molecular complexity index is 431. The summed E-state index contributed by atoms with van der Waals surface area (Å²) < 4.78 is 5.08. The molecule has 1 saturated heterocycles. The van der Waals surface area contributed by atoms with Crippen LogP contribution in [0.15, 0.2) is 4.52 Å². The van der Waals surface area contributed by atoms with Crippen molar-refractivity contribution in [1.29, 1.82) is 0 Å². The minimum Gasteiger partial charge on any atom is -0.481 e. The van der Waals surface area contributed by atoms with Gasteiger partial charge in [0.1, 0.15) is 0 Å². The third-order valence-electron chi connectivity index (χ3n) is 3.57. The van der Waals surface area contributed by atoms with E-state index in [0.717, 1.165) is 19.4 Å². The summed E-state index contributed by atoms with van der Waals surface area (Å²) in [5, 5.41) is 12.6. The van der Waals surface area contributed by atoms with Crippen molar-refractivity contribution >= 4 is 5.97 Å². The van der Waals surface area contributed by atoms with Crippen LogP contribution in [-0.2, 0) is 17.6 Å². The normalized spacial score (nSPS) is 20.3. The highest BCUT2D eigenvalue weighted by Crippen LogP contribution is 2.22. The molecule has 0 spiro atoms. The van der Waals surface area contributed by atoms with Crippen molar-refractivity contribution < 1.29 is 14.4 Å². The van der Waals surface area contributed by atoms with Crippen molar-refractivity contribution in [3.8, 4) is 0 Å². The number of hydrogen-bond acceptors (Lipinski definition) is 5. The maximum absolute atomic E-state index is 10.5. The van der Waals surface area contributed by atoms with Gasteiger partial charge in [-0.1, -0.05) is 5.16 Å². The number of likely N-dealkylation sites (tertiary alicyclic amines) is 1. The Hall–Kier alpha value is -1.43. The van der Waals surface area contributed by atoms with Gasteiger partial charge < -0.3 is 9.63 Å². The van der Waals surface area contributed by atoms with Crippen LogP contribution in [0.3, 0.4) is 0 Å². The molecule has 0 amide bonds. The average molecular weight is 267 g/mol. The van der Waals surface area contributed by atoms with Crippen molar-refractivity contribution in [3.63, 3.8) is 0 Å². The lowest BCUT2D eigenvalue weighted by atomic mass is 10.1. The van der Waals surface area contributed by atoms with E-state index < -0.39 is 5.97 Å². The summed E-state index contributed by atoms with van der Waals surface area (Å²) in [6.45, 7) is 5.53. The SMILES string of the molecule is CC(C)N1CCCC1Cc1noc(CCC(=O)O)n1. The zero-order valence-corrected chi connectivity index (χ0v) is 11.5. The summed E-state index contributed by atoms with van der Waals surface area (Å²) in [4.78, 5) is 17.2. The molecule has 1 unspecified atom stereocenters. The Morgan fingerprint density at radius 1 is 1.58 bits per heavy atom. The van der Waals surface area contributed by atoms with Crippen molar-refractivity contribution in [3.05, 3.63) is 11.7 Å². The molecule has 19 heavy (non-hydrogen) atoms. The summed E-state index contributed by atoms with van der Waals surface area (Å²) in [7, 11) is 0. The molecule has 0 saturated carbocycles. The first-order valence-corrected chi connectivity index (χ1v) is 6.85. The topological polar surface area (TPSA) is 79.5 Å². The quantitative estimate of drug-likeness (QED) is 0.841. The van der Waals surface area contributed by atoms with E-state index in [4.69, 9.17) is 9.63 Å². The van der Waals surface area contributed by atoms with Crippen LogP contribution < -0.4 is 0 Å². The predicted octanol–water partition coefficient (Wildman–Crippen LogP) is 1.50. The molecule has 106 valence electrons. The van der Waals surface area contributed by atoms with Crippen molar-refractivity contribution in [2.45, 2.75) is 58.0 Å². The Labute approximate surface area is 112 Å². The fourth-order valence-electron chi connectivity index (χ4n) is 2.66. The highest BCUT2D eigenvalue weighted by molar-refractivity contribution is 5.66. The van der Waals surface area contributed by atoms with Gasteiger partial charge in [-0.2, -0.15) is 4.98 Å².